The number of benzene rings is 1. The van der Waals surface area contributed by atoms with Gasteiger partial charge in [-0.25, -0.2) is 0 Å². The highest BCUT2D eigenvalue weighted by Gasteiger charge is 2.28. The lowest BCUT2D eigenvalue weighted by atomic mass is 10.1. The molecule has 0 aliphatic heterocycles. The standard InChI is InChI=1S/C19H32O7/c1-4-10-24-13-17(21)19(22)16(20)12-18(25-11-5-2)26-15-8-6-14(23-3)7-9-15/h6-9,16-22H,4-5,10-13H2,1-3H3. The quantitative estimate of drug-likeness (QED) is 0.338. The number of hydrogen-bond acceptors (Lipinski definition) is 7. The van der Waals surface area contributed by atoms with E-state index in [1.165, 1.54) is 0 Å². The molecule has 150 valence electrons. The molecule has 26 heavy (non-hydrogen) atoms. The van der Waals surface area contributed by atoms with Crippen LogP contribution in [0.1, 0.15) is 33.1 Å². The minimum absolute atomic E-state index is 0.0119. The molecular formula is C19H32O7. The molecule has 0 aliphatic carbocycles. The van der Waals surface area contributed by atoms with Crippen LogP contribution in [-0.4, -0.2) is 66.9 Å². The molecule has 0 bridgehead atoms. The third-order valence-corrected chi connectivity index (χ3v) is 3.69. The van der Waals surface area contributed by atoms with Gasteiger partial charge in [0.05, 0.1) is 26.4 Å². The summed E-state index contributed by atoms with van der Waals surface area (Å²) in [6.45, 7) is 4.81. The van der Waals surface area contributed by atoms with E-state index in [-0.39, 0.29) is 13.0 Å². The summed E-state index contributed by atoms with van der Waals surface area (Å²) in [6, 6.07) is 6.98. The van der Waals surface area contributed by atoms with Crippen molar-refractivity contribution in [1.29, 1.82) is 0 Å². The Morgan fingerprint density at radius 1 is 0.885 bits per heavy atom. The molecule has 0 aliphatic rings. The van der Waals surface area contributed by atoms with E-state index in [4.69, 9.17) is 18.9 Å². The van der Waals surface area contributed by atoms with Gasteiger partial charge < -0.3 is 34.3 Å². The lowest BCUT2D eigenvalue weighted by Crippen LogP contribution is -2.43. The zero-order valence-electron chi connectivity index (χ0n) is 15.8. The molecule has 4 atom stereocenters. The van der Waals surface area contributed by atoms with E-state index in [2.05, 4.69) is 0 Å². The number of rotatable bonds is 14. The maximum absolute atomic E-state index is 10.2. The molecule has 0 heterocycles. The van der Waals surface area contributed by atoms with Gasteiger partial charge in [-0.15, -0.1) is 0 Å². The Kier molecular flexibility index (Phi) is 11.2. The van der Waals surface area contributed by atoms with Gasteiger partial charge in [0.15, 0.2) is 0 Å². The smallest absolute Gasteiger partial charge is 0.202 e. The first kappa shape index (κ1) is 22.7. The first-order valence-corrected chi connectivity index (χ1v) is 9.06. The van der Waals surface area contributed by atoms with Gasteiger partial charge in [-0.2, -0.15) is 0 Å². The summed E-state index contributed by atoms with van der Waals surface area (Å²) in [5, 5.41) is 30.2. The number of ether oxygens (including phenoxy) is 4. The van der Waals surface area contributed by atoms with Gasteiger partial charge in [0, 0.05) is 13.0 Å². The molecular weight excluding hydrogens is 340 g/mol. The maximum Gasteiger partial charge on any atom is 0.202 e. The zero-order valence-corrected chi connectivity index (χ0v) is 15.8. The van der Waals surface area contributed by atoms with Crippen molar-refractivity contribution in [1.82, 2.24) is 0 Å². The highest BCUT2D eigenvalue weighted by Crippen LogP contribution is 2.20. The molecule has 4 unspecified atom stereocenters. The molecule has 7 nitrogen and oxygen atoms in total. The SMILES string of the molecule is CCCOCC(O)C(O)C(O)CC(OCCC)Oc1ccc(OC)cc1. The molecule has 1 aromatic rings. The molecule has 0 amide bonds. The molecule has 7 heteroatoms. The van der Waals surface area contributed by atoms with E-state index < -0.39 is 24.6 Å². The molecule has 3 N–H and O–H groups in total. The van der Waals surface area contributed by atoms with E-state index in [1.54, 1.807) is 31.4 Å². The lowest BCUT2D eigenvalue weighted by Gasteiger charge is -2.27. The number of aliphatic hydroxyl groups is 3. The van der Waals surface area contributed by atoms with Crippen molar-refractivity contribution in [3.63, 3.8) is 0 Å². The normalized spacial score (nSPS) is 15.9. The molecule has 0 saturated carbocycles. The minimum atomic E-state index is -1.35. The molecule has 1 aromatic carbocycles. The summed E-state index contributed by atoms with van der Waals surface area (Å²) in [7, 11) is 1.58. The van der Waals surface area contributed by atoms with Crippen molar-refractivity contribution in [3.8, 4) is 11.5 Å². The van der Waals surface area contributed by atoms with E-state index in [0.29, 0.717) is 24.7 Å². The predicted octanol–water partition coefficient (Wildman–Crippen LogP) is 1.73. The van der Waals surface area contributed by atoms with Crippen LogP contribution in [-0.2, 0) is 9.47 Å². The molecule has 0 fully saturated rings. The van der Waals surface area contributed by atoms with Crippen LogP contribution in [0.5, 0.6) is 11.5 Å². The average molecular weight is 372 g/mol. The van der Waals surface area contributed by atoms with E-state index >= 15 is 0 Å². The largest absolute Gasteiger partial charge is 0.497 e. The van der Waals surface area contributed by atoms with Crippen LogP contribution in [0.15, 0.2) is 24.3 Å². The summed E-state index contributed by atoms with van der Waals surface area (Å²) < 4.78 is 21.7. The molecule has 0 radical (unpaired) electrons. The first-order valence-electron chi connectivity index (χ1n) is 9.06. The van der Waals surface area contributed by atoms with Gasteiger partial charge in [0.1, 0.15) is 23.7 Å². The predicted molar refractivity (Wildman–Crippen MR) is 97.4 cm³/mol. The van der Waals surface area contributed by atoms with Crippen molar-refractivity contribution in [2.75, 3.05) is 26.9 Å². The summed E-state index contributed by atoms with van der Waals surface area (Å²) in [4.78, 5) is 0. The molecule has 1 rings (SSSR count). The fourth-order valence-electron chi connectivity index (χ4n) is 2.25. The van der Waals surface area contributed by atoms with Gasteiger partial charge in [-0.05, 0) is 37.1 Å². The molecule has 0 saturated heterocycles. The Bertz CT molecular complexity index is 465. The van der Waals surface area contributed by atoms with Crippen LogP contribution in [0, 0.1) is 0 Å². The van der Waals surface area contributed by atoms with Gasteiger partial charge in [0.25, 0.3) is 0 Å². The van der Waals surface area contributed by atoms with Crippen molar-refractivity contribution in [3.05, 3.63) is 24.3 Å². The first-order chi connectivity index (χ1) is 12.5. The summed E-state index contributed by atoms with van der Waals surface area (Å²) in [6.07, 6.45) is -2.88. The Labute approximate surface area is 155 Å². The fraction of sp³-hybridized carbons (Fsp3) is 0.684. The number of hydrogen-bond donors (Lipinski definition) is 3. The third kappa shape index (κ3) is 8.33. The number of aliphatic hydroxyl groups excluding tert-OH is 3. The van der Waals surface area contributed by atoms with Gasteiger partial charge >= 0.3 is 0 Å². The van der Waals surface area contributed by atoms with Crippen LogP contribution in [0.4, 0.5) is 0 Å². The van der Waals surface area contributed by atoms with Crippen molar-refractivity contribution in [2.45, 2.75) is 57.7 Å². The monoisotopic (exact) mass is 372 g/mol. The van der Waals surface area contributed by atoms with Crippen LogP contribution in [0.25, 0.3) is 0 Å². The van der Waals surface area contributed by atoms with Gasteiger partial charge in [0.2, 0.25) is 6.29 Å². The van der Waals surface area contributed by atoms with Crippen LogP contribution in [0.3, 0.4) is 0 Å². The Morgan fingerprint density at radius 3 is 2.08 bits per heavy atom. The second-order valence-corrected chi connectivity index (χ2v) is 6.03. The summed E-state index contributed by atoms with van der Waals surface area (Å²) in [5.41, 5.74) is 0. The summed E-state index contributed by atoms with van der Waals surface area (Å²) in [5.74, 6) is 1.26. The molecule has 0 spiro atoms. The van der Waals surface area contributed by atoms with E-state index in [0.717, 1.165) is 12.8 Å². The maximum atomic E-state index is 10.2. The van der Waals surface area contributed by atoms with Gasteiger partial charge in [-0.1, -0.05) is 13.8 Å². The summed E-state index contributed by atoms with van der Waals surface area (Å²) >= 11 is 0. The van der Waals surface area contributed by atoms with E-state index in [9.17, 15) is 15.3 Å². The number of methoxy groups -OCH3 is 1. The van der Waals surface area contributed by atoms with Crippen molar-refractivity contribution < 1.29 is 34.3 Å². The van der Waals surface area contributed by atoms with E-state index in [1.807, 2.05) is 13.8 Å². The lowest BCUT2D eigenvalue weighted by molar-refractivity contribution is -0.138. The van der Waals surface area contributed by atoms with Crippen LogP contribution < -0.4 is 9.47 Å². The Morgan fingerprint density at radius 2 is 1.50 bits per heavy atom. The van der Waals surface area contributed by atoms with Crippen molar-refractivity contribution >= 4 is 0 Å². The van der Waals surface area contributed by atoms with Crippen LogP contribution >= 0.6 is 0 Å². The van der Waals surface area contributed by atoms with Gasteiger partial charge in [-0.3, -0.25) is 0 Å². The Hall–Kier alpha value is -1.38. The third-order valence-electron chi connectivity index (χ3n) is 3.69. The zero-order chi connectivity index (χ0) is 19.4. The van der Waals surface area contributed by atoms with Crippen LogP contribution in [0.2, 0.25) is 0 Å². The highest BCUT2D eigenvalue weighted by molar-refractivity contribution is 5.31. The minimum Gasteiger partial charge on any atom is -0.497 e. The topological polar surface area (TPSA) is 97.6 Å². The highest BCUT2D eigenvalue weighted by atomic mass is 16.7. The van der Waals surface area contributed by atoms with Crippen molar-refractivity contribution in [2.24, 2.45) is 0 Å². The average Bonchev–Trinajstić information content (AvgIpc) is 2.66. The second kappa shape index (κ2) is 12.9. The fourth-order valence-corrected chi connectivity index (χ4v) is 2.25. The molecule has 0 aromatic heterocycles. The Balaban J connectivity index is 2.60. The second-order valence-electron chi connectivity index (χ2n) is 6.03.